The van der Waals surface area contributed by atoms with Gasteiger partial charge < -0.3 is 14.5 Å². The number of halogens is 1. The number of methoxy groups -OCH3 is 1. The molecule has 0 fully saturated rings. The molecule has 0 N–H and O–H groups in total. The van der Waals surface area contributed by atoms with Gasteiger partial charge in [-0.15, -0.1) is 11.3 Å². The van der Waals surface area contributed by atoms with E-state index in [0.717, 1.165) is 28.3 Å². The van der Waals surface area contributed by atoms with E-state index in [-0.39, 0.29) is 24.4 Å². The molecule has 5 nitrogen and oxygen atoms in total. The molecule has 5 rings (SSSR count). The lowest BCUT2D eigenvalue weighted by Crippen LogP contribution is -2.47. The van der Waals surface area contributed by atoms with Gasteiger partial charge in [-0.3, -0.25) is 9.59 Å². The van der Waals surface area contributed by atoms with Gasteiger partial charge in [0.2, 0.25) is 5.91 Å². The summed E-state index contributed by atoms with van der Waals surface area (Å²) in [6.45, 7) is 1.57. The Morgan fingerprint density at radius 3 is 2.65 bits per heavy atom. The van der Waals surface area contributed by atoms with Crippen LogP contribution in [0.2, 0.25) is 5.02 Å². The molecule has 3 aromatic carbocycles. The lowest BCUT2D eigenvalue weighted by atomic mass is 9.93. The van der Waals surface area contributed by atoms with Crippen LogP contribution in [0.1, 0.15) is 38.8 Å². The van der Waals surface area contributed by atoms with Crippen molar-refractivity contribution in [3.05, 3.63) is 105 Å². The van der Waals surface area contributed by atoms with Gasteiger partial charge in [-0.25, -0.2) is 0 Å². The van der Waals surface area contributed by atoms with E-state index in [1.54, 1.807) is 23.3 Å². The van der Waals surface area contributed by atoms with Crippen LogP contribution >= 0.6 is 22.9 Å². The first-order chi connectivity index (χ1) is 18.1. The SMILES string of the molecule is COCCCN(CC(=O)N1CCc2sccc2[C@@H]1c1ccc(Cl)cc1)C(=O)c1cccc2ccccc12. The minimum atomic E-state index is -0.201. The van der Waals surface area contributed by atoms with E-state index in [0.29, 0.717) is 36.7 Å². The molecule has 2 amide bonds. The lowest BCUT2D eigenvalue weighted by Gasteiger charge is -2.37. The van der Waals surface area contributed by atoms with Crippen LogP contribution in [0.4, 0.5) is 0 Å². The highest BCUT2D eigenvalue weighted by Gasteiger charge is 2.34. The highest BCUT2D eigenvalue weighted by atomic mass is 35.5. The zero-order valence-electron chi connectivity index (χ0n) is 20.7. The number of carbonyl (C=O) groups is 2. The average molecular weight is 533 g/mol. The van der Waals surface area contributed by atoms with Crippen molar-refractivity contribution in [2.24, 2.45) is 0 Å². The van der Waals surface area contributed by atoms with Crippen LogP contribution in [-0.4, -0.2) is 55.0 Å². The Morgan fingerprint density at radius 2 is 1.84 bits per heavy atom. The number of nitrogens with zero attached hydrogens (tertiary/aromatic N) is 2. The molecule has 7 heteroatoms. The number of hydrogen-bond donors (Lipinski definition) is 0. The summed E-state index contributed by atoms with van der Waals surface area (Å²) in [5.74, 6) is -0.208. The zero-order chi connectivity index (χ0) is 25.8. The highest BCUT2D eigenvalue weighted by Crippen LogP contribution is 2.38. The number of benzene rings is 3. The maximum absolute atomic E-state index is 13.9. The summed E-state index contributed by atoms with van der Waals surface area (Å²) in [5, 5.41) is 4.63. The maximum Gasteiger partial charge on any atom is 0.254 e. The Kier molecular flexibility index (Phi) is 7.89. The summed E-state index contributed by atoms with van der Waals surface area (Å²) in [6, 6.07) is 23.2. The normalized spacial score (nSPS) is 15.0. The molecule has 0 unspecified atom stereocenters. The van der Waals surface area contributed by atoms with E-state index in [2.05, 4.69) is 11.4 Å². The van der Waals surface area contributed by atoms with Gasteiger partial charge in [0.15, 0.2) is 0 Å². The van der Waals surface area contributed by atoms with Crippen molar-refractivity contribution < 1.29 is 14.3 Å². The molecule has 37 heavy (non-hydrogen) atoms. The molecule has 1 aliphatic heterocycles. The minimum Gasteiger partial charge on any atom is -0.385 e. The van der Waals surface area contributed by atoms with Crippen LogP contribution in [0.25, 0.3) is 10.8 Å². The smallest absolute Gasteiger partial charge is 0.254 e. The molecular weight excluding hydrogens is 504 g/mol. The largest absolute Gasteiger partial charge is 0.385 e. The average Bonchev–Trinajstić information content (AvgIpc) is 3.41. The third-order valence-electron chi connectivity index (χ3n) is 6.88. The van der Waals surface area contributed by atoms with Crippen molar-refractivity contribution in [2.45, 2.75) is 18.9 Å². The van der Waals surface area contributed by atoms with Crippen LogP contribution < -0.4 is 0 Å². The number of rotatable bonds is 8. The van der Waals surface area contributed by atoms with Gasteiger partial charge in [-0.05, 0) is 64.4 Å². The lowest BCUT2D eigenvalue weighted by molar-refractivity contribution is -0.134. The van der Waals surface area contributed by atoms with E-state index in [4.69, 9.17) is 16.3 Å². The fourth-order valence-corrected chi connectivity index (χ4v) is 6.11. The molecule has 1 aromatic heterocycles. The van der Waals surface area contributed by atoms with Crippen molar-refractivity contribution >= 4 is 45.5 Å². The summed E-state index contributed by atoms with van der Waals surface area (Å²) in [4.78, 5) is 32.6. The second kappa shape index (κ2) is 11.5. The maximum atomic E-state index is 13.9. The number of ether oxygens (including phenoxy) is 1. The first kappa shape index (κ1) is 25.5. The van der Waals surface area contributed by atoms with Gasteiger partial charge in [0.25, 0.3) is 5.91 Å². The fraction of sp³-hybridized carbons (Fsp3) is 0.267. The van der Waals surface area contributed by atoms with Crippen LogP contribution in [-0.2, 0) is 16.0 Å². The van der Waals surface area contributed by atoms with E-state index >= 15 is 0 Å². The summed E-state index contributed by atoms with van der Waals surface area (Å²) in [6.07, 6.45) is 1.46. The summed E-state index contributed by atoms with van der Waals surface area (Å²) >= 11 is 7.89. The Morgan fingerprint density at radius 1 is 1.05 bits per heavy atom. The molecule has 0 bridgehead atoms. The van der Waals surface area contributed by atoms with Crippen molar-refractivity contribution in [1.29, 1.82) is 0 Å². The van der Waals surface area contributed by atoms with Gasteiger partial charge in [0.05, 0.1) is 6.04 Å². The van der Waals surface area contributed by atoms with Gasteiger partial charge in [0, 0.05) is 42.3 Å². The predicted octanol–water partition coefficient (Wildman–Crippen LogP) is 6.21. The highest BCUT2D eigenvalue weighted by molar-refractivity contribution is 7.10. The van der Waals surface area contributed by atoms with Gasteiger partial charge in [-0.2, -0.15) is 0 Å². The quantitative estimate of drug-likeness (QED) is 0.254. The molecule has 4 aromatic rings. The van der Waals surface area contributed by atoms with Crippen molar-refractivity contribution in [2.75, 3.05) is 33.4 Å². The predicted molar refractivity (Wildman–Crippen MR) is 149 cm³/mol. The van der Waals surface area contributed by atoms with Gasteiger partial charge in [0.1, 0.15) is 6.54 Å². The molecule has 0 radical (unpaired) electrons. The molecule has 190 valence electrons. The summed E-state index contributed by atoms with van der Waals surface area (Å²) in [7, 11) is 1.64. The number of thiophene rings is 1. The van der Waals surface area contributed by atoms with E-state index < -0.39 is 0 Å². The Hall–Kier alpha value is -3.19. The number of hydrogen-bond acceptors (Lipinski definition) is 4. The van der Waals surface area contributed by atoms with Crippen LogP contribution in [0.15, 0.2) is 78.2 Å². The summed E-state index contributed by atoms with van der Waals surface area (Å²) in [5.41, 5.74) is 2.78. The van der Waals surface area contributed by atoms with Crippen molar-refractivity contribution in [3.8, 4) is 0 Å². The van der Waals surface area contributed by atoms with Crippen LogP contribution in [0.5, 0.6) is 0 Å². The van der Waals surface area contributed by atoms with Gasteiger partial charge in [-0.1, -0.05) is 60.1 Å². The molecule has 1 aliphatic rings. The van der Waals surface area contributed by atoms with Gasteiger partial charge >= 0.3 is 0 Å². The molecule has 1 atom stereocenters. The zero-order valence-corrected chi connectivity index (χ0v) is 22.3. The monoisotopic (exact) mass is 532 g/mol. The Balaban J connectivity index is 1.45. The molecule has 0 aliphatic carbocycles. The number of fused-ring (bicyclic) bond motifs is 2. The molecule has 0 spiro atoms. The number of amides is 2. The Bertz CT molecular complexity index is 1400. The molecule has 0 saturated heterocycles. The molecule has 0 saturated carbocycles. The molecular formula is C30H29ClN2O3S. The van der Waals surface area contributed by atoms with E-state index in [9.17, 15) is 9.59 Å². The minimum absolute atomic E-state index is 0.00925. The fourth-order valence-electron chi connectivity index (χ4n) is 5.08. The standard InChI is InChI=1S/C30H29ClN2O3S/c1-36-18-5-16-32(30(35)25-9-4-7-21-6-2-3-8-24(21)25)20-28(34)33-17-14-27-26(15-19-37-27)29(33)22-10-12-23(31)13-11-22/h2-4,6-13,15,19,29H,5,14,16-18,20H2,1H3/t29-/m0/s1. The van der Waals surface area contributed by atoms with E-state index in [1.165, 1.54) is 4.88 Å². The second-order valence-electron chi connectivity index (χ2n) is 9.19. The topological polar surface area (TPSA) is 49.9 Å². The molecule has 2 heterocycles. The first-order valence-electron chi connectivity index (χ1n) is 12.4. The Labute approximate surface area is 226 Å². The first-order valence-corrected chi connectivity index (χ1v) is 13.7. The summed E-state index contributed by atoms with van der Waals surface area (Å²) < 4.78 is 5.24. The third-order valence-corrected chi connectivity index (χ3v) is 8.13. The number of carbonyl (C=O) groups excluding carboxylic acids is 2. The second-order valence-corrected chi connectivity index (χ2v) is 10.6. The van der Waals surface area contributed by atoms with E-state index in [1.807, 2.05) is 71.6 Å². The van der Waals surface area contributed by atoms with Crippen LogP contribution in [0.3, 0.4) is 0 Å². The van der Waals surface area contributed by atoms with Crippen molar-refractivity contribution in [1.82, 2.24) is 9.80 Å². The van der Waals surface area contributed by atoms with Crippen LogP contribution in [0, 0.1) is 0 Å². The van der Waals surface area contributed by atoms with Crippen molar-refractivity contribution in [3.63, 3.8) is 0 Å². The third kappa shape index (κ3) is 5.42.